The van der Waals surface area contributed by atoms with E-state index >= 15 is 0 Å². The lowest BCUT2D eigenvalue weighted by atomic mass is 10.2. The number of rotatable bonds is 4. The molecule has 0 saturated heterocycles. The van der Waals surface area contributed by atoms with Gasteiger partial charge in [0, 0.05) is 29.6 Å². The second-order valence-corrected chi connectivity index (χ2v) is 5.20. The van der Waals surface area contributed by atoms with Crippen LogP contribution in [0.2, 0.25) is 0 Å². The molecular formula is C13H14FN3OS. The van der Waals surface area contributed by atoms with Crippen LogP contribution in [0.3, 0.4) is 0 Å². The SMILES string of the molecule is Cc1nc(CCNC(=O)c2cc(N)cc(F)c2)cs1. The van der Waals surface area contributed by atoms with E-state index in [1.54, 1.807) is 11.3 Å². The fourth-order valence-electron chi connectivity index (χ4n) is 1.67. The predicted molar refractivity (Wildman–Crippen MR) is 73.7 cm³/mol. The smallest absolute Gasteiger partial charge is 0.251 e. The van der Waals surface area contributed by atoms with Gasteiger partial charge in [-0.1, -0.05) is 0 Å². The van der Waals surface area contributed by atoms with E-state index in [0.717, 1.165) is 10.7 Å². The van der Waals surface area contributed by atoms with Crippen LogP contribution in [0.15, 0.2) is 23.6 Å². The van der Waals surface area contributed by atoms with Gasteiger partial charge >= 0.3 is 0 Å². The number of nitrogens with one attached hydrogen (secondary N) is 1. The number of halogens is 1. The number of aromatic nitrogens is 1. The number of carbonyl (C=O) groups excluding carboxylic acids is 1. The first kappa shape index (κ1) is 13.5. The molecule has 0 aliphatic carbocycles. The third kappa shape index (κ3) is 3.75. The second-order valence-electron chi connectivity index (χ2n) is 4.14. The second kappa shape index (κ2) is 5.79. The van der Waals surface area contributed by atoms with Gasteiger partial charge in [0.15, 0.2) is 0 Å². The molecule has 100 valence electrons. The Hall–Kier alpha value is -1.95. The third-order valence-corrected chi connectivity index (χ3v) is 3.34. The zero-order valence-electron chi connectivity index (χ0n) is 10.4. The highest BCUT2D eigenvalue weighted by Gasteiger charge is 2.08. The van der Waals surface area contributed by atoms with Crippen molar-refractivity contribution >= 4 is 22.9 Å². The monoisotopic (exact) mass is 279 g/mol. The molecule has 1 aromatic carbocycles. The molecule has 1 aromatic heterocycles. The Morgan fingerprint density at radius 2 is 2.26 bits per heavy atom. The average Bonchev–Trinajstić information content (AvgIpc) is 2.73. The fraction of sp³-hybridized carbons (Fsp3) is 0.231. The summed E-state index contributed by atoms with van der Waals surface area (Å²) in [6.45, 7) is 2.39. The van der Waals surface area contributed by atoms with Crippen molar-refractivity contribution < 1.29 is 9.18 Å². The van der Waals surface area contributed by atoms with Crippen LogP contribution in [-0.2, 0) is 6.42 Å². The minimum Gasteiger partial charge on any atom is -0.399 e. The maximum Gasteiger partial charge on any atom is 0.251 e. The lowest BCUT2D eigenvalue weighted by Crippen LogP contribution is -2.26. The summed E-state index contributed by atoms with van der Waals surface area (Å²) < 4.78 is 13.1. The summed E-state index contributed by atoms with van der Waals surface area (Å²) in [4.78, 5) is 16.1. The first-order chi connectivity index (χ1) is 9.04. The van der Waals surface area contributed by atoms with E-state index in [9.17, 15) is 9.18 Å². The molecule has 19 heavy (non-hydrogen) atoms. The number of hydrogen-bond acceptors (Lipinski definition) is 4. The Labute approximate surface area is 114 Å². The normalized spacial score (nSPS) is 10.4. The summed E-state index contributed by atoms with van der Waals surface area (Å²) in [7, 11) is 0. The number of thiazole rings is 1. The Morgan fingerprint density at radius 3 is 2.89 bits per heavy atom. The zero-order valence-corrected chi connectivity index (χ0v) is 11.3. The molecule has 6 heteroatoms. The molecule has 0 aliphatic rings. The lowest BCUT2D eigenvalue weighted by molar-refractivity contribution is 0.0953. The van der Waals surface area contributed by atoms with Crippen molar-refractivity contribution in [3.8, 4) is 0 Å². The van der Waals surface area contributed by atoms with Crippen molar-refractivity contribution in [3.05, 3.63) is 45.7 Å². The highest BCUT2D eigenvalue weighted by Crippen LogP contribution is 2.11. The lowest BCUT2D eigenvalue weighted by Gasteiger charge is -2.05. The number of anilines is 1. The van der Waals surface area contributed by atoms with Crippen molar-refractivity contribution in [1.29, 1.82) is 0 Å². The van der Waals surface area contributed by atoms with Crippen molar-refractivity contribution in [1.82, 2.24) is 10.3 Å². The third-order valence-electron chi connectivity index (χ3n) is 2.52. The largest absolute Gasteiger partial charge is 0.399 e. The van der Waals surface area contributed by atoms with E-state index in [2.05, 4.69) is 10.3 Å². The van der Waals surface area contributed by atoms with E-state index in [1.807, 2.05) is 12.3 Å². The van der Waals surface area contributed by atoms with Gasteiger partial charge in [-0.05, 0) is 25.1 Å². The van der Waals surface area contributed by atoms with Crippen molar-refractivity contribution in [2.75, 3.05) is 12.3 Å². The molecule has 0 radical (unpaired) electrons. The van der Waals surface area contributed by atoms with Gasteiger partial charge in [0.25, 0.3) is 5.91 Å². The quantitative estimate of drug-likeness (QED) is 0.843. The summed E-state index contributed by atoms with van der Waals surface area (Å²) in [6, 6.07) is 3.79. The maximum absolute atomic E-state index is 13.1. The minimum atomic E-state index is -0.514. The summed E-state index contributed by atoms with van der Waals surface area (Å²) in [5, 5.41) is 5.67. The molecule has 0 fully saturated rings. The number of aryl methyl sites for hydroxylation is 1. The molecule has 3 N–H and O–H groups in total. The van der Waals surface area contributed by atoms with Crippen LogP contribution >= 0.6 is 11.3 Å². The Bertz CT molecular complexity index is 577. The van der Waals surface area contributed by atoms with Gasteiger partial charge in [0.05, 0.1) is 10.7 Å². The van der Waals surface area contributed by atoms with Gasteiger partial charge in [-0.2, -0.15) is 0 Å². The van der Waals surface area contributed by atoms with Gasteiger partial charge in [0.2, 0.25) is 0 Å². The summed E-state index contributed by atoms with van der Waals surface area (Å²) in [5.74, 6) is -0.849. The molecule has 0 unspecified atom stereocenters. The molecule has 1 amide bonds. The molecule has 0 saturated carbocycles. The van der Waals surface area contributed by atoms with E-state index in [4.69, 9.17) is 5.73 Å². The van der Waals surface area contributed by atoms with Gasteiger partial charge in [0.1, 0.15) is 5.82 Å². The summed E-state index contributed by atoms with van der Waals surface area (Å²) >= 11 is 1.57. The first-order valence-electron chi connectivity index (χ1n) is 5.80. The molecule has 0 atom stereocenters. The molecule has 2 aromatic rings. The molecule has 0 aliphatic heterocycles. The van der Waals surface area contributed by atoms with E-state index < -0.39 is 5.82 Å². The number of carbonyl (C=O) groups is 1. The topological polar surface area (TPSA) is 68.0 Å². The molecule has 1 heterocycles. The zero-order chi connectivity index (χ0) is 13.8. The molecular weight excluding hydrogens is 265 g/mol. The Morgan fingerprint density at radius 1 is 1.47 bits per heavy atom. The maximum atomic E-state index is 13.1. The number of hydrogen-bond donors (Lipinski definition) is 2. The van der Waals surface area contributed by atoms with Crippen molar-refractivity contribution in [3.63, 3.8) is 0 Å². The number of nitrogens with zero attached hydrogens (tertiary/aromatic N) is 1. The van der Waals surface area contributed by atoms with Crippen LogP contribution < -0.4 is 11.1 Å². The van der Waals surface area contributed by atoms with Crippen molar-refractivity contribution in [2.45, 2.75) is 13.3 Å². The van der Waals surface area contributed by atoms with Crippen LogP contribution in [0.25, 0.3) is 0 Å². The van der Waals surface area contributed by atoms with Gasteiger partial charge in [-0.15, -0.1) is 11.3 Å². The first-order valence-corrected chi connectivity index (χ1v) is 6.68. The van der Waals surface area contributed by atoms with Crippen LogP contribution in [-0.4, -0.2) is 17.4 Å². The molecule has 4 nitrogen and oxygen atoms in total. The Kier molecular flexibility index (Phi) is 4.11. The molecule has 0 bridgehead atoms. The molecule has 0 spiro atoms. The van der Waals surface area contributed by atoms with E-state index in [-0.39, 0.29) is 17.2 Å². The van der Waals surface area contributed by atoms with Crippen LogP contribution in [0, 0.1) is 12.7 Å². The van der Waals surface area contributed by atoms with Crippen LogP contribution in [0.5, 0.6) is 0 Å². The van der Waals surface area contributed by atoms with Crippen LogP contribution in [0.4, 0.5) is 10.1 Å². The number of nitrogens with two attached hydrogens (primary N) is 1. The number of benzene rings is 1. The summed E-state index contributed by atoms with van der Waals surface area (Å²) in [6.07, 6.45) is 0.654. The standard InChI is InChI=1S/C13H14FN3OS/c1-8-17-12(7-19-8)2-3-16-13(18)9-4-10(14)6-11(15)5-9/h4-7H,2-3,15H2,1H3,(H,16,18). The molecule has 2 rings (SSSR count). The number of nitrogen functional groups attached to an aromatic ring is 1. The van der Waals surface area contributed by atoms with Gasteiger partial charge < -0.3 is 11.1 Å². The number of amides is 1. The highest BCUT2D eigenvalue weighted by molar-refractivity contribution is 7.09. The van der Waals surface area contributed by atoms with E-state index in [0.29, 0.717) is 13.0 Å². The predicted octanol–water partition coefficient (Wildman–Crippen LogP) is 2.15. The van der Waals surface area contributed by atoms with Gasteiger partial charge in [-0.25, -0.2) is 9.37 Å². The minimum absolute atomic E-state index is 0.229. The van der Waals surface area contributed by atoms with E-state index in [1.165, 1.54) is 18.2 Å². The highest BCUT2D eigenvalue weighted by atomic mass is 32.1. The Balaban J connectivity index is 1.90. The van der Waals surface area contributed by atoms with Gasteiger partial charge in [-0.3, -0.25) is 4.79 Å². The fourth-order valence-corrected chi connectivity index (χ4v) is 2.32. The summed E-state index contributed by atoms with van der Waals surface area (Å²) in [5.41, 5.74) is 6.90. The average molecular weight is 279 g/mol. The van der Waals surface area contributed by atoms with Crippen molar-refractivity contribution in [2.24, 2.45) is 0 Å². The van der Waals surface area contributed by atoms with Crippen LogP contribution in [0.1, 0.15) is 21.1 Å².